The van der Waals surface area contributed by atoms with E-state index in [0.29, 0.717) is 23.9 Å². The lowest BCUT2D eigenvalue weighted by atomic mass is 9.93. The maximum absolute atomic E-state index is 3.79. The van der Waals surface area contributed by atoms with E-state index in [4.69, 9.17) is 0 Å². The summed E-state index contributed by atoms with van der Waals surface area (Å²) < 4.78 is 0. The summed E-state index contributed by atoms with van der Waals surface area (Å²) in [6.45, 7) is 11.4. The zero-order valence-electron chi connectivity index (χ0n) is 12.7. The SMILES string of the molecule is CC(C)c1ccc(C(C)NC2CCNCC2C)cc1. The third-order valence-electron chi connectivity index (χ3n) is 4.35. The van der Waals surface area contributed by atoms with Gasteiger partial charge in [-0.15, -0.1) is 0 Å². The Bertz CT molecular complexity index is 383. The first-order chi connectivity index (χ1) is 9.08. The molecule has 2 nitrogen and oxygen atoms in total. The molecule has 0 aromatic heterocycles. The maximum atomic E-state index is 3.79. The van der Waals surface area contributed by atoms with E-state index in [0.717, 1.165) is 13.1 Å². The van der Waals surface area contributed by atoms with Crippen molar-refractivity contribution in [1.29, 1.82) is 0 Å². The van der Waals surface area contributed by atoms with Gasteiger partial charge in [0, 0.05) is 12.1 Å². The van der Waals surface area contributed by atoms with Gasteiger partial charge in [0.25, 0.3) is 0 Å². The lowest BCUT2D eigenvalue weighted by Gasteiger charge is -2.33. The highest BCUT2D eigenvalue weighted by molar-refractivity contribution is 5.26. The van der Waals surface area contributed by atoms with Gasteiger partial charge in [-0.25, -0.2) is 0 Å². The van der Waals surface area contributed by atoms with Gasteiger partial charge in [-0.05, 0) is 49.4 Å². The fourth-order valence-corrected chi connectivity index (χ4v) is 2.85. The minimum absolute atomic E-state index is 0.437. The zero-order valence-corrected chi connectivity index (χ0v) is 12.7. The van der Waals surface area contributed by atoms with Gasteiger partial charge < -0.3 is 10.6 Å². The van der Waals surface area contributed by atoms with E-state index in [2.05, 4.69) is 62.6 Å². The quantitative estimate of drug-likeness (QED) is 0.866. The van der Waals surface area contributed by atoms with Crippen LogP contribution in [0.5, 0.6) is 0 Å². The van der Waals surface area contributed by atoms with Crippen molar-refractivity contribution < 1.29 is 0 Å². The summed E-state index contributed by atoms with van der Waals surface area (Å²) in [6, 6.07) is 10.2. The predicted molar refractivity (Wildman–Crippen MR) is 82.5 cm³/mol. The number of hydrogen-bond acceptors (Lipinski definition) is 2. The van der Waals surface area contributed by atoms with Crippen molar-refractivity contribution in [3.05, 3.63) is 35.4 Å². The van der Waals surface area contributed by atoms with Gasteiger partial charge in [0.1, 0.15) is 0 Å². The van der Waals surface area contributed by atoms with Gasteiger partial charge in [0.2, 0.25) is 0 Å². The third kappa shape index (κ3) is 3.80. The van der Waals surface area contributed by atoms with Crippen LogP contribution in [0.3, 0.4) is 0 Å². The Labute approximate surface area is 118 Å². The average Bonchev–Trinajstić information content (AvgIpc) is 2.41. The molecule has 1 saturated heterocycles. The fraction of sp³-hybridized carbons (Fsp3) is 0.647. The van der Waals surface area contributed by atoms with E-state index in [1.807, 2.05) is 0 Å². The molecule has 0 aliphatic carbocycles. The van der Waals surface area contributed by atoms with Crippen LogP contribution >= 0.6 is 0 Å². The molecule has 19 heavy (non-hydrogen) atoms. The molecule has 2 N–H and O–H groups in total. The number of nitrogens with one attached hydrogen (secondary N) is 2. The minimum Gasteiger partial charge on any atom is -0.316 e. The standard InChI is InChI=1S/C17H28N2/c1-12(2)15-5-7-16(8-6-15)14(4)19-17-9-10-18-11-13(17)3/h5-8,12-14,17-19H,9-11H2,1-4H3. The molecule has 0 radical (unpaired) electrons. The first-order valence-electron chi connectivity index (χ1n) is 7.64. The molecule has 1 fully saturated rings. The molecule has 0 bridgehead atoms. The van der Waals surface area contributed by atoms with Crippen molar-refractivity contribution >= 4 is 0 Å². The second kappa shape index (κ2) is 6.53. The first-order valence-corrected chi connectivity index (χ1v) is 7.64. The Kier molecular flexibility index (Phi) is 5.00. The molecule has 3 unspecified atom stereocenters. The highest BCUT2D eigenvalue weighted by Gasteiger charge is 2.22. The second-order valence-electron chi connectivity index (χ2n) is 6.29. The molecule has 0 spiro atoms. The molecule has 2 rings (SSSR count). The minimum atomic E-state index is 0.437. The second-order valence-corrected chi connectivity index (χ2v) is 6.29. The smallest absolute Gasteiger partial charge is 0.0294 e. The summed E-state index contributed by atoms with van der Waals surface area (Å²) in [5, 5.41) is 7.25. The summed E-state index contributed by atoms with van der Waals surface area (Å²) >= 11 is 0. The Morgan fingerprint density at radius 2 is 1.74 bits per heavy atom. The molecule has 1 aromatic rings. The molecule has 1 aromatic carbocycles. The number of piperidine rings is 1. The van der Waals surface area contributed by atoms with Crippen LogP contribution in [0.25, 0.3) is 0 Å². The van der Waals surface area contributed by atoms with Crippen molar-refractivity contribution in [2.45, 2.75) is 52.1 Å². The zero-order chi connectivity index (χ0) is 13.8. The van der Waals surface area contributed by atoms with Gasteiger partial charge in [0.15, 0.2) is 0 Å². The van der Waals surface area contributed by atoms with E-state index < -0.39 is 0 Å². The number of benzene rings is 1. The first kappa shape index (κ1) is 14.5. The topological polar surface area (TPSA) is 24.1 Å². The van der Waals surface area contributed by atoms with E-state index in [1.165, 1.54) is 17.5 Å². The summed E-state index contributed by atoms with van der Waals surface area (Å²) in [6.07, 6.45) is 1.23. The van der Waals surface area contributed by atoms with Crippen molar-refractivity contribution in [2.24, 2.45) is 5.92 Å². The van der Waals surface area contributed by atoms with Crippen LogP contribution in [-0.2, 0) is 0 Å². The van der Waals surface area contributed by atoms with E-state index in [-0.39, 0.29) is 0 Å². The lowest BCUT2D eigenvalue weighted by Crippen LogP contribution is -2.47. The maximum Gasteiger partial charge on any atom is 0.0294 e. The highest BCUT2D eigenvalue weighted by Crippen LogP contribution is 2.21. The Morgan fingerprint density at radius 1 is 1.11 bits per heavy atom. The molecule has 1 heterocycles. The van der Waals surface area contributed by atoms with Gasteiger partial charge >= 0.3 is 0 Å². The normalized spacial score (nSPS) is 25.5. The molecule has 1 aliphatic heterocycles. The molecule has 0 saturated carbocycles. The largest absolute Gasteiger partial charge is 0.316 e. The van der Waals surface area contributed by atoms with Crippen LogP contribution in [0, 0.1) is 5.92 Å². The van der Waals surface area contributed by atoms with Crippen LogP contribution < -0.4 is 10.6 Å². The van der Waals surface area contributed by atoms with Gasteiger partial charge in [0.05, 0.1) is 0 Å². The van der Waals surface area contributed by atoms with Crippen LogP contribution in [0.1, 0.15) is 57.2 Å². The van der Waals surface area contributed by atoms with E-state index >= 15 is 0 Å². The molecule has 1 aliphatic rings. The van der Waals surface area contributed by atoms with Crippen molar-refractivity contribution in [3.63, 3.8) is 0 Å². The summed E-state index contributed by atoms with van der Waals surface area (Å²) in [7, 11) is 0. The Morgan fingerprint density at radius 3 is 2.32 bits per heavy atom. The number of rotatable bonds is 4. The van der Waals surface area contributed by atoms with E-state index in [9.17, 15) is 0 Å². The van der Waals surface area contributed by atoms with Gasteiger partial charge in [-0.1, -0.05) is 45.0 Å². The third-order valence-corrected chi connectivity index (χ3v) is 4.35. The highest BCUT2D eigenvalue weighted by atomic mass is 15.0. The van der Waals surface area contributed by atoms with Gasteiger partial charge in [-0.3, -0.25) is 0 Å². The Hall–Kier alpha value is -0.860. The summed E-state index contributed by atoms with van der Waals surface area (Å²) in [4.78, 5) is 0. The molecular weight excluding hydrogens is 232 g/mol. The van der Waals surface area contributed by atoms with Crippen molar-refractivity contribution in [2.75, 3.05) is 13.1 Å². The molecule has 106 valence electrons. The fourth-order valence-electron chi connectivity index (χ4n) is 2.85. The Balaban J connectivity index is 1.97. The van der Waals surface area contributed by atoms with Crippen LogP contribution in [0.2, 0.25) is 0 Å². The molecule has 0 amide bonds. The molecule has 2 heteroatoms. The predicted octanol–water partition coefficient (Wildman–Crippen LogP) is 3.46. The van der Waals surface area contributed by atoms with Crippen molar-refractivity contribution in [1.82, 2.24) is 10.6 Å². The van der Waals surface area contributed by atoms with E-state index in [1.54, 1.807) is 0 Å². The monoisotopic (exact) mass is 260 g/mol. The average molecular weight is 260 g/mol. The lowest BCUT2D eigenvalue weighted by molar-refractivity contribution is 0.278. The molecule has 3 atom stereocenters. The van der Waals surface area contributed by atoms with Gasteiger partial charge in [-0.2, -0.15) is 0 Å². The van der Waals surface area contributed by atoms with Crippen LogP contribution in [0.15, 0.2) is 24.3 Å². The van der Waals surface area contributed by atoms with Crippen molar-refractivity contribution in [3.8, 4) is 0 Å². The van der Waals surface area contributed by atoms with Crippen LogP contribution in [0.4, 0.5) is 0 Å². The molecular formula is C17H28N2. The summed E-state index contributed by atoms with van der Waals surface area (Å²) in [5.74, 6) is 1.33. The summed E-state index contributed by atoms with van der Waals surface area (Å²) in [5.41, 5.74) is 2.82. The number of hydrogen-bond donors (Lipinski definition) is 2. The van der Waals surface area contributed by atoms with Crippen LogP contribution in [-0.4, -0.2) is 19.1 Å².